The van der Waals surface area contributed by atoms with Gasteiger partial charge in [0.1, 0.15) is 11.9 Å². The molecule has 0 saturated heterocycles. The average molecular weight is 342 g/mol. The van der Waals surface area contributed by atoms with Gasteiger partial charge in [-0.2, -0.15) is 0 Å². The molecule has 0 saturated carbocycles. The van der Waals surface area contributed by atoms with Crippen LogP contribution in [-0.4, -0.2) is 18.9 Å². The Balaban J connectivity index is 1.78. The molecule has 130 valence electrons. The standard InChI is InChI=1S/C23H22N2O/c1-17-22(18-9-5-3-6-10-18)24-23(19-11-7-4-8-12-19)25(17)20-13-15-21(26-2)16-14-20/h3-17,23H,1-2H3. The highest BCUT2D eigenvalue weighted by atomic mass is 16.5. The van der Waals surface area contributed by atoms with Gasteiger partial charge in [0.05, 0.1) is 18.9 Å². The Bertz CT molecular complexity index is 889. The number of rotatable bonds is 4. The number of hydrogen-bond donors (Lipinski definition) is 0. The van der Waals surface area contributed by atoms with Gasteiger partial charge in [0, 0.05) is 5.69 Å². The first-order valence-corrected chi connectivity index (χ1v) is 8.88. The first-order chi connectivity index (χ1) is 12.8. The summed E-state index contributed by atoms with van der Waals surface area (Å²) in [5.41, 5.74) is 4.63. The van der Waals surface area contributed by atoms with E-state index in [1.165, 1.54) is 11.1 Å². The molecule has 26 heavy (non-hydrogen) atoms. The van der Waals surface area contributed by atoms with Crippen molar-refractivity contribution in [3.63, 3.8) is 0 Å². The number of methoxy groups -OCH3 is 1. The summed E-state index contributed by atoms with van der Waals surface area (Å²) in [7, 11) is 1.69. The van der Waals surface area contributed by atoms with Crippen LogP contribution in [0, 0.1) is 0 Å². The summed E-state index contributed by atoms with van der Waals surface area (Å²) in [6, 6.07) is 29.3. The summed E-state index contributed by atoms with van der Waals surface area (Å²) < 4.78 is 5.31. The number of aliphatic imine (C=N–C) groups is 1. The molecule has 0 aromatic heterocycles. The number of ether oxygens (including phenoxy) is 1. The minimum absolute atomic E-state index is 0.0326. The highest BCUT2D eigenvalue weighted by molar-refractivity contribution is 6.07. The summed E-state index contributed by atoms with van der Waals surface area (Å²) in [6.45, 7) is 2.22. The van der Waals surface area contributed by atoms with Crippen LogP contribution in [0.4, 0.5) is 5.69 Å². The highest BCUT2D eigenvalue weighted by Gasteiger charge is 2.34. The highest BCUT2D eigenvalue weighted by Crippen LogP contribution is 2.37. The molecule has 0 fully saturated rings. The van der Waals surface area contributed by atoms with Crippen molar-refractivity contribution in [2.75, 3.05) is 12.0 Å². The van der Waals surface area contributed by atoms with E-state index >= 15 is 0 Å². The van der Waals surface area contributed by atoms with Crippen LogP contribution in [-0.2, 0) is 0 Å². The van der Waals surface area contributed by atoms with Gasteiger partial charge in [-0.05, 0) is 42.3 Å². The van der Waals surface area contributed by atoms with Gasteiger partial charge >= 0.3 is 0 Å². The molecule has 2 unspecified atom stereocenters. The van der Waals surface area contributed by atoms with Gasteiger partial charge < -0.3 is 9.64 Å². The molecule has 3 nitrogen and oxygen atoms in total. The van der Waals surface area contributed by atoms with Gasteiger partial charge in [0.15, 0.2) is 0 Å². The summed E-state index contributed by atoms with van der Waals surface area (Å²) >= 11 is 0. The van der Waals surface area contributed by atoms with E-state index in [0.29, 0.717) is 0 Å². The van der Waals surface area contributed by atoms with Crippen molar-refractivity contribution in [1.29, 1.82) is 0 Å². The molecule has 0 bridgehead atoms. The molecule has 1 aliphatic heterocycles. The fourth-order valence-corrected chi connectivity index (χ4v) is 3.55. The summed E-state index contributed by atoms with van der Waals surface area (Å²) in [6.07, 6.45) is -0.0326. The third-order valence-electron chi connectivity index (χ3n) is 4.88. The zero-order chi connectivity index (χ0) is 17.9. The van der Waals surface area contributed by atoms with Crippen molar-refractivity contribution in [3.8, 4) is 5.75 Å². The molecule has 2 atom stereocenters. The van der Waals surface area contributed by atoms with Gasteiger partial charge in [-0.3, -0.25) is 4.99 Å². The second-order valence-electron chi connectivity index (χ2n) is 6.45. The molecule has 0 radical (unpaired) electrons. The van der Waals surface area contributed by atoms with E-state index in [0.717, 1.165) is 17.1 Å². The fourth-order valence-electron chi connectivity index (χ4n) is 3.55. The number of nitrogens with zero attached hydrogens (tertiary/aromatic N) is 2. The van der Waals surface area contributed by atoms with Gasteiger partial charge in [-0.15, -0.1) is 0 Å². The molecule has 0 N–H and O–H groups in total. The van der Waals surface area contributed by atoms with Crippen molar-refractivity contribution in [1.82, 2.24) is 0 Å². The SMILES string of the molecule is COc1ccc(N2C(C)C(c3ccccc3)=NC2c2ccccc2)cc1. The molecular weight excluding hydrogens is 320 g/mol. The van der Waals surface area contributed by atoms with Crippen LogP contribution in [0.15, 0.2) is 89.9 Å². The Morgan fingerprint density at radius 2 is 1.42 bits per heavy atom. The van der Waals surface area contributed by atoms with Crippen molar-refractivity contribution < 1.29 is 4.74 Å². The minimum atomic E-state index is -0.0326. The molecular formula is C23H22N2O. The van der Waals surface area contributed by atoms with E-state index in [4.69, 9.17) is 9.73 Å². The molecule has 0 aliphatic carbocycles. The smallest absolute Gasteiger partial charge is 0.148 e. The largest absolute Gasteiger partial charge is 0.497 e. The quantitative estimate of drug-likeness (QED) is 0.659. The minimum Gasteiger partial charge on any atom is -0.497 e. The van der Waals surface area contributed by atoms with Crippen molar-refractivity contribution in [2.45, 2.75) is 19.1 Å². The zero-order valence-corrected chi connectivity index (χ0v) is 15.0. The Morgan fingerprint density at radius 3 is 2.04 bits per heavy atom. The lowest BCUT2D eigenvalue weighted by atomic mass is 10.0. The lowest BCUT2D eigenvalue weighted by Crippen LogP contribution is -2.35. The van der Waals surface area contributed by atoms with Crippen molar-refractivity contribution >= 4 is 11.4 Å². The van der Waals surface area contributed by atoms with Crippen LogP contribution in [0.2, 0.25) is 0 Å². The van der Waals surface area contributed by atoms with E-state index in [1.54, 1.807) is 7.11 Å². The Morgan fingerprint density at radius 1 is 0.808 bits per heavy atom. The first-order valence-electron chi connectivity index (χ1n) is 8.88. The Kier molecular flexibility index (Phi) is 4.44. The molecule has 1 heterocycles. The summed E-state index contributed by atoms with van der Waals surface area (Å²) in [4.78, 5) is 7.49. The van der Waals surface area contributed by atoms with E-state index < -0.39 is 0 Å². The lowest BCUT2D eigenvalue weighted by Gasteiger charge is -2.30. The monoisotopic (exact) mass is 342 g/mol. The normalized spacial score (nSPS) is 19.3. The topological polar surface area (TPSA) is 24.8 Å². The maximum absolute atomic E-state index is 5.31. The molecule has 0 amide bonds. The molecule has 1 aliphatic rings. The van der Waals surface area contributed by atoms with Crippen LogP contribution < -0.4 is 9.64 Å². The van der Waals surface area contributed by atoms with Gasteiger partial charge in [0.25, 0.3) is 0 Å². The van der Waals surface area contributed by atoms with Crippen molar-refractivity contribution in [2.24, 2.45) is 4.99 Å². The van der Waals surface area contributed by atoms with Gasteiger partial charge in [-0.25, -0.2) is 0 Å². The summed E-state index contributed by atoms with van der Waals surface area (Å²) in [5, 5.41) is 0. The maximum atomic E-state index is 5.31. The fraction of sp³-hybridized carbons (Fsp3) is 0.174. The molecule has 3 heteroatoms. The lowest BCUT2D eigenvalue weighted by molar-refractivity contribution is 0.414. The first kappa shape index (κ1) is 16.4. The molecule has 3 aromatic carbocycles. The van der Waals surface area contributed by atoms with Crippen LogP contribution in [0.3, 0.4) is 0 Å². The maximum Gasteiger partial charge on any atom is 0.148 e. The van der Waals surface area contributed by atoms with Crippen LogP contribution in [0.5, 0.6) is 5.75 Å². The third kappa shape index (κ3) is 2.97. The number of hydrogen-bond acceptors (Lipinski definition) is 3. The van der Waals surface area contributed by atoms with Crippen LogP contribution >= 0.6 is 0 Å². The third-order valence-corrected chi connectivity index (χ3v) is 4.88. The van der Waals surface area contributed by atoms with E-state index in [2.05, 4.69) is 72.5 Å². The molecule has 4 rings (SSSR count). The van der Waals surface area contributed by atoms with Crippen LogP contribution in [0.1, 0.15) is 24.2 Å². The Labute approximate surface area is 154 Å². The van der Waals surface area contributed by atoms with Crippen molar-refractivity contribution in [3.05, 3.63) is 96.1 Å². The average Bonchev–Trinajstić information content (AvgIpc) is 3.06. The number of anilines is 1. The summed E-state index contributed by atoms with van der Waals surface area (Å²) in [5.74, 6) is 0.862. The molecule has 3 aromatic rings. The van der Waals surface area contributed by atoms with Gasteiger partial charge in [-0.1, -0.05) is 60.7 Å². The van der Waals surface area contributed by atoms with Gasteiger partial charge in [0.2, 0.25) is 0 Å². The van der Waals surface area contributed by atoms with E-state index in [9.17, 15) is 0 Å². The predicted molar refractivity (Wildman–Crippen MR) is 107 cm³/mol. The zero-order valence-electron chi connectivity index (χ0n) is 15.0. The second kappa shape index (κ2) is 7.04. The molecule has 0 spiro atoms. The van der Waals surface area contributed by atoms with E-state index in [1.807, 2.05) is 24.3 Å². The van der Waals surface area contributed by atoms with E-state index in [-0.39, 0.29) is 12.2 Å². The second-order valence-corrected chi connectivity index (χ2v) is 6.45. The predicted octanol–water partition coefficient (Wildman–Crippen LogP) is 5.09. The van der Waals surface area contributed by atoms with Crippen LogP contribution in [0.25, 0.3) is 0 Å². The number of benzene rings is 3. The Hall–Kier alpha value is -3.07.